The zero-order valence-corrected chi connectivity index (χ0v) is 11.5. The van der Waals surface area contributed by atoms with Gasteiger partial charge in [0.25, 0.3) is 10.1 Å². The molecule has 0 aliphatic heterocycles. The third-order valence-electron chi connectivity index (χ3n) is 2.41. The number of ether oxygens (including phenoxy) is 1. The largest absolute Gasteiger partial charge is 0.377 e. The molecular weight excluding hydrogens is 252 g/mol. The first-order valence-corrected chi connectivity index (χ1v) is 7.70. The van der Waals surface area contributed by atoms with Crippen LogP contribution in [-0.2, 0) is 25.6 Å². The summed E-state index contributed by atoms with van der Waals surface area (Å²) in [6.07, 6.45) is 1.49. The molecule has 0 atom stereocenters. The standard InChI is InChI=1S/C13H20O4S/c1-2-18(14,15)17-11-7-6-10-16-12-13-8-4-3-5-9-13/h3-5,8-9H,2,6-7,10-12H2,1H3. The third-order valence-corrected chi connectivity index (χ3v) is 3.64. The molecule has 0 aromatic heterocycles. The molecule has 0 unspecified atom stereocenters. The summed E-state index contributed by atoms with van der Waals surface area (Å²) in [4.78, 5) is 0. The minimum absolute atomic E-state index is 0.0253. The van der Waals surface area contributed by atoms with E-state index in [1.54, 1.807) is 6.92 Å². The molecule has 0 saturated carbocycles. The molecule has 4 nitrogen and oxygen atoms in total. The Labute approximate surface area is 109 Å². The van der Waals surface area contributed by atoms with E-state index in [0.717, 1.165) is 12.0 Å². The van der Waals surface area contributed by atoms with Crippen molar-refractivity contribution in [2.24, 2.45) is 0 Å². The molecule has 0 radical (unpaired) electrons. The molecule has 1 aromatic rings. The van der Waals surface area contributed by atoms with E-state index < -0.39 is 10.1 Å². The molecule has 0 bridgehead atoms. The molecule has 1 rings (SSSR count). The molecule has 1 aromatic carbocycles. The second-order valence-electron chi connectivity index (χ2n) is 3.91. The molecule has 18 heavy (non-hydrogen) atoms. The van der Waals surface area contributed by atoms with E-state index in [0.29, 0.717) is 19.6 Å². The van der Waals surface area contributed by atoms with Crippen LogP contribution in [0, 0.1) is 0 Å². The lowest BCUT2D eigenvalue weighted by Gasteiger charge is -2.05. The summed E-state index contributed by atoms with van der Waals surface area (Å²) in [5.41, 5.74) is 1.14. The number of hydrogen-bond acceptors (Lipinski definition) is 4. The van der Waals surface area contributed by atoms with Crippen molar-refractivity contribution < 1.29 is 17.3 Å². The summed E-state index contributed by atoms with van der Waals surface area (Å²) in [6, 6.07) is 9.94. The van der Waals surface area contributed by atoms with E-state index in [1.165, 1.54) is 0 Å². The fourth-order valence-electron chi connectivity index (χ4n) is 1.34. The van der Waals surface area contributed by atoms with E-state index in [1.807, 2.05) is 30.3 Å². The first kappa shape index (κ1) is 15.1. The van der Waals surface area contributed by atoms with Crippen LogP contribution in [0.1, 0.15) is 25.3 Å². The van der Waals surface area contributed by atoms with Crippen molar-refractivity contribution in [3.05, 3.63) is 35.9 Å². The molecule has 0 aliphatic rings. The number of unbranched alkanes of at least 4 members (excludes halogenated alkanes) is 1. The van der Waals surface area contributed by atoms with Crippen LogP contribution < -0.4 is 0 Å². The monoisotopic (exact) mass is 272 g/mol. The van der Waals surface area contributed by atoms with Gasteiger partial charge in [-0.2, -0.15) is 8.42 Å². The lowest BCUT2D eigenvalue weighted by molar-refractivity contribution is 0.114. The minimum Gasteiger partial charge on any atom is -0.377 e. The lowest BCUT2D eigenvalue weighted by Crippen LogP contribution is -2.09. The van der Waals surface area contributed by atoms with Crippen molar-refractivity contribution in [1.82, 2.24) is 0 Å². The van der Waals surface area contributed by atoms with E-state index in [2.05, 4.69) is 0 Å². The highest BCUT2D eigenvalue weighted by molar-refractivity contribution is 7.86. The maximum atomic E-state index is 11.0. The summed E-state index contributed by atoms with van der Waals surface area (Å²) < 4.78 is 32.3. The topological polar surface area (TPSA) is 52.6 Å². The minimum atomic E-state index is -3.30. The van der Waals surface area contributed by atoms with Gasteiger partial charge in [0.2, 0.25) is 0 Å². The molecule has 102 valence electrons. The van der Waals surface area contributed by atoms with Gasteiger partial charge in [0.05, 0.1) is 19.0 Å². The van der Waals surface area contributed by atoms with Gasteiger partial charge in [-0.25, -0.2) is 0 Å². The highest BCUT2D eigenvalue weighted by Gasteiger charge is 2.05. The van der Waals surface area contributed by atoms with Gasteiger partial charge in [-0.15, -0.1) is 0 Å². The molecule has 0 amide bonds. The maximum Gasteiger partial charge on any atom is 0.267 e. The zero-order valence-electron chi connectivity index (χ0n) is 10.7. The average Bonchev–Trinajstić information content (AvgIpc) is 2.39. The maximum absolute atomic E-state index is 11.0. The van der Waals surface area contributed by atoms with Gasteiger partial charge in [-0.3, -0.25) is 4.18 Å². The van der Waals surface area contributed by atoms with Crippen LogP contribution in [0.5, 0.6) is 0 Å². The number of rotatable bonds is 9. The van der Waals surface area contributed by atoms with Gasteiger partial charge in [0.15, 0.2) is 0 Å². The normalized spacial score (nSPS) is 11.6. The van der Waals surface area contributed by atoms with E-state index in [4.69, 9.17) is 8.92 Å². The van der Waals surface area contributed by atoms with Crippen LogP contribution in [0.15, 0.2) is 30.3 Å². The second kappa shape index (κ2) is 8.24. The van der Waals surface area contributed by atoms with Crippen LogP contribution in [0.3, 0.4) is 0 Å². The summed E-state index contributed by atoms with van der Waals surface area (Å²) in [6.45, 7) is 3.02. The van der Waals surface area contributed by atoms with E-state index >= 15 is 0 Å². The van der Waals surface area contributed by atoms with Crippen molar-refractivity contribution in [2.45, 2.75) is 26.4 Å². The molecule has 5 heteroatoms. The third kappa shape index (κ3) is 6.74. The van der Waals surface area contributed by atoms with Gasteiger partial charge < -0.3 is 4.74 Å². The molecule has 0 aliphatic carbocycles. The summed E-state index contributed by atoms with van der Waals surface area (Å²) in [5, 5.41) is 0. The van der Waals surface area contributed by atoms with Crippen LogP contribution in [-0.4, -0.2) is 27.4 Å². The SMILES string of the molecule is CCS(=O)(=O)OCCCCOCc1ccccc1. The first-order valence-electron chi connectivity index (χ1n) is 6.13. The Bertz CT molecular complexity index is 414. The highest BCUT2D eigenvalue weighted by atomic mass is 32.2. The van der Waals surface area contributed by atoms with Gasteiger partial charge in [0, 0.05) is 6.61 Å². The van der Waals surface area contributed by atoms with Gasteiger partial charge >= 0.3 is 0 Å². The fourth-order valence-corrected chi connectivity index (χ4v) is 1.88. The van der Waals surface area contributed by atoms with Crippen molar-refractivity contribution in [3.63, 3.8) is 0 Å². The Kier molecular flexibility index (Phi) is 6.93. The highest BCUT2D eigenvalue weighted by Crippen LogP contribution is 2.02. The van der Waals surface area contributed by atoms with Gasteiger partial charge in [0.1, 0.15) is 0 Å². The molecular formula is C13H20O4S. The van der Waals surface area contributed by atoms with E-state index in [9.17, 15) is 8.42 Å². The zero-order chi connectivity index (χ0) is 13.3. The smallest absolute Gasteiger partial charge is 0.267 e. The van der Waals surface area contributed by atoms with Crippen molar-refractivity contribution in [3.8, 4) is 0 Å². The summed E-state index contributed by atoms with van der Waals surface area (Å²) >= 11 is 0. The predicted octanol–water partition coefficient (Wildman–Crippen LogP) is 2.35. The molecule has 0 N–H and O–H groups in total. The molecule has 0 heterocycles. The summed E-state index contributed by atoms with van der Waals surface area (Å²) in [7, 11) is -3.30. The Balaban J connectivity index is 2.00. The summed E-state index contributed by atoms with van der Waals surface area (Å²) in [5.74, 6) is 0.0253. The van der Waals surface area contributed by atoms with Crippen LogP contribution >= 0.6 is 0 Å². The quantitative estimate of drug-likeness (QED) is 0.511. The number of hydrogen-bond donors (Lipinski definition) is 0. The Morgan fingerprint density at radius 1 is 1.06 bits per heavy atom. The molecule has 0 spiro atoms. The second-order valence-corrected chi connectivity index (χ2v) is 5.84. The average molecular weight is 272 g/mol. The Hall–Kier alpha value is -0.910. The number of benzene rings is 1. The van der Waals surface area contributed by atoms with Crippen LogP contribution in [0.25, 0.3) is 0 Å². The molecule has 0 saturated heterocycles. The Morgan fingerprint density at radius 2 is 1.72 bits per heavy atom. The lowest BCUT2D eigenvalue weighted by atomic mass is 10.2. The molecule has 0 fully saturated rings. The predicted molar refractivity (Wildman–Crippen MR) is 70.7 cm³/mol. The fraction of sp³-hybridized carbons (Fsp3) is 0.538. The van der Waals surface area contributed by atoms with E-state index in [-0.39, 0.29) is 12.4 Å². The first-order chi connectivity index (χ1) is 8.64. The van der Waals surface area contributed by atoms with Crippen molar-refractivity contribution in [1.29, 1.82) is 0 Å². The Morgan fingerprint density at radius 3 is 2.39 bits per heavy atom. The van der Waals surface area contributed by atoms with Crippen LogP contribution in [0.2, 0.25) is 0 Å². The van der Waals surface area contributed by atoms with Crippen molar-refractivity contribution >= 4 is 10.1 Å². The van der Waals surface area contributed by atoms with Gasteiger partial charge in [-0.1, -0.05) is 30.3 Å². The van der Waals surface area contributed by atoms with Gasteiger partial charge in [-0.05, 0) is 25.3 Å². The van der Waals surface area contributed by atoms with Crippen molar-refractivity contribution in [2.75, 3.05) is 19.0 Å². The van der Waals surface area contributed by atoms with Crippen LogP contribution in [0.4, 0.5) is 0 Å².